The van der Waals surface area contributed by atoms with Crippen LogP contribution in [0.15, 0.2) is 24.3 Å². The molecule has 0 aliphatic carbocycles. The molecule has 0 saturated carbocycles. The van der Waals surface area contributed by atoms with E-state index in [1.807, 2.05) is 0 Å². The topological polar surface area (TPSA) is 38.0 Å². The molecule has 0 aliphatic rings. The van der Waals surface area contributed by atoms with Gasteiger partial charge in [0.2, 0.25) is 0 Å². The smallest absolute Gasteiger partial charge is 0.0273 e. The van der Waals surface area contributed by atoms with Gasteiger partial charge in [0.25, 0.3) is 0 Å². The Labute approximate surface area is 99.2 Å². The number of nitrogens with one attached hydrogen (secondary N) is 1. The summed E-state index contributed by atoms with van der Waals surface area (Å²) in [4.78, 5) is 0. The zero-order chi connectivity index (χ0) is 12.1. The summed E-state index contributed by atoms with van der Waals surface area (Å²) in [7, 11) is 0. The Hall–Kier alpha value is -0.860. The van der Waals surface area contributed by atoms with E-state index in [0.717, 1.165) is 6.42 Å². The Morgan fingerprint density at radius 2 is 1.62 bits per heavy atom. The Balaban J connectivity index is 2.67. The Kier molecular flexibility index (Phi) is 4.97. The highest BCUT2D eigenvalue weighted by molar-refractivity contribution is 5.25. The highest BCUT2D eigenvalue weighted by Gasteiger charge is 2.11. The molecule has 3 N–H and O–H groups in total. The second-order valence-electron chi connectivity index (χ2n) is 5.12. The number of benzene rings is 1. The van der Waals surface area contributed by atoms with E-state index in [0.29, 0.717) is 17.9 Å². The van der Waals surface area contributed by atoms with Crippen molar-refractivity contribution in [1.82, 2.24) is 5.43 Å². The number of hydrogen-bond donors (Lipinski definition) is 2. The van der Waals surface area contributed by atoms with Crippen LogP contribution in [0.5, 0.6) is 0 Å². The maximum Gasteiger partial charge on any atom is 0.0273 e. The van der Waals surface area contributed by atoms with Crippen LogP contribution in [-0.2, 0) is 6.42 Å². The number of hydrazine groups is 1. The van der Waals surface area contributed by atoms with Gasteiger partial charge in [-0.2, -0.15) is 0 Å². The van der Waals surface area contributed by atoms with E-state index in [2.05, 4.69) is 57.4 Å². The molecule has 0 heterocycles. The summed E-state index contributed by atoms with van der Waals surface area (Å²) in [6, 6.07) is 9.20. The molecule has 16 heavy (non-hydrogen) atoms. The summed E-state index contributed by atoms with van der Waals surface area (Å²) in [5.41, 5.74) is 5.63. The number of nitrogens with two attached hydrogens (primary N) is 1. The summed E-state index contributed by atoms with van der Waals surface area (Å²) >= 11 is 0. The monoisotopic (exact) mass is 220 g/mol. The third-order valence-electron chi connectivity index (χ3n) is 3.12. The third kappa shape index (κ3) is 3.62. The predicted molar refractivity (Wildman–Crippen MR) is 70.2 cm³/mol. The molecule has 2 nitrogen and oxygen atoms in total. The van der Waals surface area contributed by atoms with Crippen LogP contribution in [0.1, 0.15) is 44.7 Å². The number of rotatable bonds is 5. The fourth-order valence-corrected chi connectivity index (χ4v) is 1.78. The zero-order valence-corrected chi connectivity index (χ0v) is 10.8. The van der Waals surface area contributed by atoms with E-state index in [-0.39, 0.29) is 0 Å². The van der Waals surface area contributed by atoms with Crippen LogP contribution in [0, 0.1) is 5.92 Å². The second kappa shape index (κ2) is 6.02. The molecular weight excluding hydrogens is 196 g/mol. The van der Waals surface area contributed by atoms with Gasteiger partial charge in [0, 0.05) is 6.04 Å². The normalized spacial score (nSPS) is 13.4. The van der Waals surface area contributed by atoms with Crippen molar-refractivity contribution >= 4 is 0 Å². The van der Waals surface area contributed by atoms with Crippen molar-refractivity contribution in [2.45, 2.75) is 46.1 Å². The predicted octanol–water partition coefficient (Wildman–Crippen LogP) is 2.84. The SMILES string of the molecule is CC(C)c1ccc(CC(NN)C(C)C)cc1. The standard InChI is InChI=1S/C14H24N2/c1-10(2)13-7-5-12(6-8-13)9-14(16-15)11(3)4/h5-8,10-11,14,16H,9,15H2,1-4H3. The van der Waals surface area contributed by atoms with E-state index >= 15 is 0 Å². The lowest BCUT2D eigenvalue weighted by atomic mass is 9.95. The van der Waals surface area contributed by atoms with E-state index in [1.54, 1.807) is 0 Å². The molecule has 0 aliphatic heterocycles. The molecule has 1 rings (SSSR count). The average Bonchev–Trinajstić information content (AvgIpc) is 2.26. The molecule has 0 saturated heterocycles. The van der Waals surface area contributed by atoms with Crippen molar-refractivity contribution in [3.8, 4) is 0 Å². The van der Waals surface area contributed by atoms with Crippen molar-refractivity contribution in [2.24, 2.45) is 11.8 Å². The summed E-state index contributed by atoms with van der Waals surface area (Å²) in [5, 5.41) is 0. The van der Waals surface area contributed by atoms with Gasteiger partial charge in [-0.15, -0.1) is 0 Å². The lowest BCUT2D eigenvalue weighted by molar-refractivity contribution is 0.404. The van der Waals surface area contributed by atoms with E-state index in [4.69, 9.17) is 5.84 Å². The lowest BCUT2D eigenvalue weighted by Crippen LogP contribution is -2.40. The quantitative estimate of drug-likeness (QED) is 0.591. The van der Waals surface area contributed by atoms with E-state index in [9.17, 15) is 0 Å². The maximum atomic E-state index is 5.55. The van der Waals surface area contributed by atoms with Gasteiger partial charge < -0.3 is 0 Å². The minimum Gasteiger partial charge on any atom is -0.271 e. The van der Waals surface area contributed by atoms with Crippen LogP contribution in [0.2, 0.25) is 0 Å². The van der Waals surface area contributed by atoms with Gasteiger partial charge in [-0.3, -0.25) is 11.3 Å². The van der Waals surface area contributed by atoms with Crippen molar-refractivity contribution in [3.05, 3.63) is 35.4 Å². The summed E-state index contributed by atoms with van der Waals surface area (Å²) in [6.07, 6.45) is 0.993. The van der Waals surface area contributed by atoms with Gasteiger partial charge in [-0.05, 0) is 29.4 Å². The molecule has 0 spiro atoms. The minimum atomic E-state index is 0.352. The summed E-state index contributed by atoms with van der Waals surface area (Å²) in [6.45, 7) is 8.81. The fraction of sp³-hybridized carbons (Fsp3) is 0.571. The van der Waals surface area contributed by atoms with Crippen LogP contribution in [0.25, 0.3) is 0 Å². The van der Waals surface area contributed by atoms with Crippen molar-refractivity contribution in [3.63, 3.8) is 0 Å². The second-order valence-corrected chi connectivity index (χ2v) is 5.12. The highest BCUT2D eigenvalue weighted by Crippen LogP contribution is 2.16. The molecule has 1 unspecified atom stereocenters. The minimum absolute atomic E-state index is 0.352. The Bertz CT molecular complexity index is 301. The molecule has 1 atom stereocenters. The van der Waals surface area contributed by atoms with Crippen LogP contribution >= 0.6 is 0 Å². The van der Waals surface area contributed by atoms with Gasteiger partial charge in [-0.25, -0.2) is 0 Å². The first-order valence-electron chi connectivity index (χ1n) is 6.09. The largest absolute Gasteiger partial charge is 0.271 e. The van der Waals surface area contributed by atoms with Crippen LogP contribution in [0.4, 0.5) is 0 Å². The van der Waals surface area contributed by atoms with Gasteiger partial charge in [-0.1, -0.05) is 52.0 Å². The fourth-order valence-electron chi connectivity index (χ4n) is 1.78. The first kappa shape index (κ1) is 13.2. The highest BCUT2D eigenvalue weighted by atomic mass is 15.2. The number of hydrogen-bond acceptors (Lipinski definition) is 2. The van der Waals surface area contributed by atoms with Crippen molar-refractivity contribution in [1.29, 1.82) is 0 Å². The Morgan fingerprint density at radius 3 is 2.00 bits per heavy atom. The molecule has 1 aromatic carbocycles. The first-order chi connectivity index (χ1) is 7.54. The van der Waals surface area contributed by atoms with Crippen LogP contribution < -0.4 is 11.3 Å². The van der Waals surface area contributed by atoms with Crippen LogP contribution in [0.3, 0.4) is 0 Å². The lowest BCUT2D eigenvalue weighted by Gasteiger charge is -2.20. The van der Waals surface area contributed by atoms with E-state index < -0.39 is 0 Å². The summed E-state index contributed by atoms with van der Waals surface area (Å²) < 4.78 is 0. The van der Waals surface area contributed by atoms with Gasteiger partial charge in [0.1, 0.15) is 0 Å². The summed E-state index contributed by atoms with van der Waals surface area (Å²) in [5.74, 6) is 6.70. The zero-order valence-electron chi connectivity index (χ0n) is 10.8. The molecule has 0 fully saturated rings. The molecule has 2 heteroatoms. The van der Waals surface area contributed by atoms with E-state index in [1.165, 1.54) is 11.1 Å². The van der Waals surface area contributed by atoms with Gasteiger partial charge >= 0.3 is 0 Å². The Morgan fingerprint density at radius 1 is 1.06 bits per heavy atom. The average molecular weight is 220 g/mol. The molecule has 0 aromatic heterocycles. The third-order valence-corrected chi connectivity index (χ3v) is 3.12. The molecular formula is C14H24N2. The van der Waals surface area contributed by atoms with Crippen LogP contribution in [-0.4, -0.2) is 6.04 Å². The van der Waals surface area contributed by atoms with Gasteiger partial charge in [0.15, 0.2) is 0 Å². The molecule has 0 radical (unpaired) electrons. The maximum absolute atomic E-state index is 5.55. The van der Waals surface area contributed by atoms with Crippen molar-refractivity contribution < 1.29 is 0 Å². The molecule has 0 bridgehead atoms. The molecule has 90 valence electrons. The molecule has 1 aromatic rings. The van der Waals surface area contributed by atoms with Crippen molar-refractivity contribution in [2.75, 3.05) is 0 Å². The first-order valence-corrected chi connectivity index (χ1v) is 6.09. The van der Waals surface area contributed by atoms with Gasteiger partial charge in [0.05, 0.1) is 0 Å². The molecule has 0 amide bonds.